The molecule has 20 heavy (non-hydrogen) atoms. The van der Waals surface area contributed by atoms with Gasteiger partial charge in [-0.05, 0) is 31.0 Å². The van der Waals surface area contributed by atoms with Crippen LogP contribution in [0.5, 0.6) is 11.5 Å². The second kappa shape index (κ2) is 5.75. The fourth-order valence-corrected chi connectivity index (χ4v) is 3.04. The molecule has 0 radical (unpaired) electrons. The van der Waals surface area contributed by atoms with E-state index in [4.69, 9.17) is 9.47 Å². The molecule has 2 aromatic rings. The number of benzene rings is 1. The Kier molecular flexibility index (Phi) is 3.82. The zero-order valence-electron chi connectivity index (χ0n) is 11.6. The molecule has 5 nitrogen and oxygen atoms in total. The molecular formula is C14H17N3O2S. The molecule has 0 aliphatic heterocycles. The van der Waals surface area contributed by atoms with Crippen molar-refractivity contribution in [3.05, 3.63) is 30.1 Å². The zero-order chi connectivity index (χ0) is 13.9. The number of rotatable bonds is 6. The standard InChI is InChI=1S/C14H17N3O2S/c1-18-12-5-6-13(19-2)10(7-12)8-20-14-16-15-9-17(14)11-3-4-11/h5-7,9,11H,3-4,8H2,1-2H3. The first-order valence-corrected chi connectivity index (χ1v) is 7.53. The highest BCUT2D eigenvalue weighted by atomic mass is 32.2. The fourth-order valence-electron chi connectivity index (χ4n) is 2.08. The molecule has 106 valence electrons. The van der Waals surface area contributed by atoms with Gasteiger partial charge in [0.25, 0.3) is 0 Å². The van der Waals surface area contributed by atoms with Crippen LogP contribution in [0.4, 0.5) is 0 Å². The number of nitrogens with zero attached hydrogens (tertiary/aromatic N) is 3. The van der Waals surface area contributed by atoms with Crippen LogP contribution in [0, 0.1) is 0 Å². The first-order chi connectivity index (χ1) is 9.81. The average Bonchev–Trinajstić information content (AvgIpc) is 3.23. The van der Waals surface area contributed by atoms with Gasteiger partial charge in [-0.1, -0.05) is 11.8 Å². The summed E-state index contributed by atoms with van der Waals surface area (Å²) in [5.74, 6) is 2.49. The van der Waals surface area contributed by atoms with Gasteiger partial charge in [-0.25, -0.2) is 0 Å². The second-order valence-corrected chi connectivity index (χ2v) is 5.66. The van der Waals surface area contributed by atoms with Crippen molar-refractivity contribution < 1.29 is 9.47 Å². The largest absolute Gasteiger partial charge is 0.497 e. The second-order valence-electron chi connectivity index (χ2n) is 4.72. The summed E-state index contributed by atoms with van der Waals surface area (Å²) in [6, 6.07) is 6.43. The quantitative estimate of drug-likeness (QED) is 0.766. The Morgan fingerprint density at radius 1 is 1.30 bits per heavy atom. The molecule has 1 heterocycles. The maximum Gasteiger partial charge on any atom is 0.191 e. The molecule has 0 unspecified atom stereocenters. The van der Waals surface area contributed by atoms with Crippen LogP contribution in [0.1, 0.15) is 24.4 Å². The molecule has 1 saturated carbocycles. The lowest BCUT2D eigenvalue weighted by molar-refractivity contribution is 0.400. The minimum Gasteiger partial charge on any atom is -0.497 e. The van der Waals surface area contributed by atoms with E-state index < -0.39 is 0 Å². The van der Waals surface area contributed by atoms with Gasteiger partial charge in [0.2, 0.25) is 0 Å². The van der Waals surface area contributed by atoms with Crippen molar-refractivity contribution in [2.24, 2.45) is 0 Å². The number of hydrogen-bond acceptors (Lipinski definition) is 5. The summed E-state index contributed by atoms with van der Waals surface area (Å²) in [5.41, 5.74) is 1.10. The minimum atomic E-state index is 0.597. The van der Waals surface area contributed by atoms with Crippen molar-refractivity contribution in [3.8, 4) is 11.5 Å². The van der Waals surface area contributed by atoms with Crippen LogP contribution >= 0.6 is 11.8 Å². The van der Waals surface area contributed by atoms with Gasteiger partial charge in [0.1, 0.15) is 17.8 Å². The van der Waals surface area contributed by atoms with Crippen LogP contribution < -0.4 is 9.47 Å². The molecule has 0 N–H and O–H groups in total. The summed E-state index contributed by atoms with van der Waals surface area (Å²) in [6.45, 7) is 0. The van der Waals surface area contributed by atoms with Crippen molar-refractivity contribution in [1.82, 2.24) is 14.8 Å². The Hall–Kier alpha value is -1.69. The SMILES string of the molecule is COc1ccc(OC)c(CSc2nncn2C2CC2)c1. The van der Waals surface area contributed by atoms with E-state index in [2.05, 4.69) is 14.8 Å². The number of ether oxygens (including phenoxy) is 2. The molecule has 1 aliphatic rings. The van der Waals surface area contributed by atoms with Gasteiger partial charge >= 0.3 is 0 Å². The molecule has 0 amide bonds. The minimum absolute atomic E-state index is 0.597. The van der Waals surface area contributed by atoms with E-state index in [0.717, 1.165) is 28.0 Å². The molecule has 6 heteroatoms. The van der Waals surface area contributed by atoms with E-state index in [1.165, 1.54) is 12.8 Å². The van der Waals surface area contributed by atoms with Crippen LogP contribution in [0.25, 0.3) is 0 Å². The van der Waals surface area contributed by atoms with E-state index in [1.54, 1.807) is 26.0 Å². The highest BCUT2D eigenvalue weighted by Crippen LogP contribution is 2.38. The van der Waals surface area contributed by atoms with Gasteiger partial charge < -0.3 is 14.0 Å². The van der Waals surface area contributed by atoms with E-state index >= 15 is 0 Å². The van der Waals surface area contributed by atoms with Crippen molar-refractivity contribution in [3.63, 3.8) is 0 Å². The van der Waals surface area contributed by atoms with Crippen molar-refractivity contribution in [2.75, 3.05) is 14.2 Å². The van der Waals surface area contributed by atoms with E-state index in [-0.39, 0.29) is 0 Å². The topological polar surface area (TPSA) is 49.2 Å². The Balaban J connectivity index is 1.75. The molecule has 1 fully saturated rings. The maximum atomic E-state index is 5.39. The van der Waals surface area contributed by atoms with Gasteiger partial charge in [-0.2, -0.15) is 0 Å². The monoisotopic (exact) mass is 291 g/mol. The molecule has 1 aromatic carbocycles. The molecule has 1 aliphatic carbocycles. The summed E-state index contributed by atoms with van der Waals surface area (Å²) in [5, 5.41) is 9.17. The molecule has 3 rings (SSSR count). The predicted molar refractivity (Wildman–Crippen MR) is 77.4 cm³/mol. The van der Waals surface area contributed by atoms with E-state index in [9.17, 15) is 0 Å². The van der Waals surface area contributed by atoms with Crippen LogP contribution in [0.3, 0.4) is 0 Å². The highest BCUT2D eigenvalue weighted by molar-refractivity contribution is 7.98. The van der Waals surface area contributed by atoms with E-state index in [1.807, 2.05) is 24.5 Å². The van der Waals surface area contributed by atoms with Gasteiger partial charge in [0.05, 0.1) is 14.2 Å². The molecule has 0 saturated heterocycles. The first-order valence-electron chi connectivity index (χ1n) is 6.55. The number of methoxy groups -OCH3 is 2. The van der Waals surface area contributed by atoms with Gasteiger partial charge in [-0.15, -0.1) is 10.2 Å². The smallest absolute Gasteiger partial charge is 0.191 e. The van der Waals surface area contributed by atoms with Crippen LogP contribution in [-0.4, -0.2) is 29.0 Å². The summed E-state index contributed by atoms with van der Waals surface area (Å²) >= 11 is 1.68. The normalized spacial score (nSPS) is 14.3. The molecule has 0 atom stereocenters. The van der Waals surface area contributed by atoms with Gasteiger partial charge in [-0.3, -0.25) is 0 Å². The van der Waals surface area contributed by atoms with Gasteiger partial charge in [0.15, 0.2) is 5.16 Å². The third-order valence-electron chi connectivity index (χ3n) is 3.32. The summed E-state index contributed by atoms with van der Waals surface area (Å²) in [6.07, 6.45) is 4.28. The zero-order valence-corrected chi connectivity index (χ0v) is 12.4. The van der Waals surface area contributed by atoms with Crippen molar-refractivity contribution in [1.29, 1.82) is 0 Å². The van der Waals surface area contributed by atoms with Crippen LogP contribution in [-0.2, 0) is 5.75 Å². The summed E-state index contributed by atoms with van der Waals surface area (Å²) < 4.78 is 12.8. The Morgan fingerprint density at radius 2 is 2.15 bits per heavy atom. The number of aromatic nitrogens is 3. The number of thioether (sulfide) groups is 1. The van der Waals surface area contributed by atoms with Crippen LogP contribution in [0.15, 0.2) is 29.7 Å². The lowest BCUT2D eigenvalue weighted by Crippen LogP contribution is -1.96. The lowest BCUT2D eigenvalue weighted by atomic mass is 10.2. The van der Waals surface area contributed by atoms with Crippen LogP contribution in [0.2, 0.25) is 0 Å². The predicted octanol–water partition coefficient (Wildman–Crippen LogP) is 2.92. The fraction of sp³-hybridized carbons (Fsp3) is 0.429. The third-order valence-corrected chi connectivity index (χ3v) is 4.33. The van der Waals surface area contributed by atoms with Crippen molar-refractivity contribution in [2.45, 2.75) is 29.8 Å². The molecule has 1 aromatic heterocycles. The maximum absolute atomic E-state index is 5.39. The molecule has 0 spiro atoms. The first kappa shape index (κ1) is 13.3. The average molecular weight is 291 g/mol. The van der Waals surface area contributed by atoms with Gasteiger partial charge in [0, 0.05) is 17.4 Å². The summed E-state index contributed by atoms with van der Waals surface area (Å²) in [7, 11) is 3.35. The molecule has 0 bridgehead atoms. The summed E-state index contributed by atoms with van der Waals surface area (Å²) in [4.78, 5) is 0. The van der Waals surface area contributed by atoms with Crippen molar-refractivity contribution >= 4 is 11.8 Å². The third kappa shape index (κ3) is 2.75. The Labute approximate surface area is 122 Å². The Morgan fingerprint density at radius 3 is 2.85 bits per heavy atom. The lowest BCUT2D eigenvalue weighted by Gasteiger charge is -2.10. The Bertz CT molecular complexity index is 596. The molecular weight excluding hydrogens is 274 g/mol. The number of hydrogen-bond donors (Lipinski definition) is 0. The highest BCUT2D eigenvalue weighted by Gasteiger charge is 2.26. The van der Waals surface area contributed by atoms with E-state index in [0.29, 0.717) is 6.04 Å².